The predicted molar refractivity (Wildman–Crippen MR) is 73.3 cm³/mol. The molecular formula is C14H27N3O. The van der Waals surface area contributed by atoms with Crippen molar-refractivity contribution < 1.29 is 4.79 Å². The number of rotatable bonds is 5. The third-order valence-corrected chi connectivity index (χ3v) is 4.41. The van der Waals surface area contributed by atoms with Crippen molar-refractivity contribution in [2.24, 2.45) is 11.7 Å². The van der Waals surface area contributed by atoms with Crippen molar-refractivity contribution in [1.82, 2.24) is 9.80 Å². The largest absolute Gasteiger partial charge is 0.340 e. The number of nitrogens with two attached hydrogens (primary N) is 1. The fraction of sp³-hybridized carbons (Fsp3) is 0.929. The SMILES string of the molecule is NCCN1CCN(C(=O)CCC2CCCC2)CC1. The summed E-state index contributed by atoms with van der Waals surface area (Å²) >= 11 is 0. The van der Waals surface area contributed by atoms with Gasteiger partial charge in [0.2, 0.25) is 5.91 Å². The van der Waals surface area contributed by atoms with Crippen LogP contribution in [0, 0.1) is 5.92 Å². The number of carbonyl (C=O) groups excluding carboxylic acids is 1. The molecule has 1 saturated heterocycles. The van der Waals surface area contributed by atoms with Gasteiger partial charge in [-0.3, -0.25) is 9.69 Å². The Bertz CT molecular complexity index is 256. The van der Waals surface area contributed by atoms with Crippen molar-refractivity contribution >= 4 is 5.91 Å². The summed E-state index contributed by atoms with van der Waals surface area (Å²) in [6.45, 7) is 5.45. The summed E-state index contributed by atoms with van der Waals surface area (Å²) in [5.41, 5.74) is 5.55. The summed E-state index contributed by atoms with van der Waals surface area (Å²) in [5.74, 6) is 1.20. The van der Waals surface area contributed by atoms with Crippen molar-refractivity contribution in [3.05, 3.63) is 0 Å². The monoisotopic (exact) mass is 253 g/mol. The zero-order valence-electron chi connectivity index (χ0n) is 11.4. The van der Waals surface area contributed by atoms with Crippen LogP contribution in [0.5, 0.6) is 0 Å². The summed E-state index contributed by atoms with van der Waals surface area (Å²) in [6, 6.07) is 0. The molecule has 1 aliphatic heterocycles. The van der Waals surface area contributed by atoms with Crippen LogP contribution in [0.15, 0.2) is 0 Å². The first kappa shape index (κ1) is 13.8. The molecular weight excluding hydrogens is 226 g/mol. The Morgan fingerprint density at radius 3 is 2.39 bits per heavy atom. The molecule has 0 aromatic rings. The van der Waals surface area contributed by atoms with E-state index in [4.69, 9.17) is 5.73 Å². The van der Waals surface area contributed by atoms with Crippen molar-refractivity contribution in [2.75, 3.05) is 39.3 Å². The maximum Gasteiger partial charge on any atom is 0.222 e. The Labute approximate surface area is 110 Å². The first-order valence-electron chi connectivity index (χ1n) is 7.50. The fourth-order valence-corrected chi connectivity index (χ4v) is 3.19. The third kappa shape index (κ3) is 3.95. The first-order chi connectivity index (χ1) is 8.79. The highest BCUT2D eigenvalue weighted by molar-refractivity contribution is 5.76. The molecule has 4 heteroatoms. The second kappa shape index (κ2) is 7.10. The second-order valence-corrected chi connectivity index (χ2v) is 5.70. The molecule has 1 aliphatic carbocycles. The van der Waals surface area contributed by atoms with Gasteiger partial charge < -0.3 is 10.6 Å². The van der Waals surface area contributed by atoms with Gasteiger partial charge in [0.05, 0.1) is 0 Å². The molecule has 0 aromatic carbocycles. The third-order valence-electron chi connectivity index (χ3n) is 4.41. The van der Waals surface area contributed by atoms with Gasteiger partial charge in [0.15, 0.2) is 0 Å². The van der Waals surface area contributed by atoms with Gasteiger partial charge in [0.1, 0.15) is 0 Å². The Hall–Kier alpha value is -0.610. The lowest BCUT2D eigenvalue weighted by Crippen LogP contribution is -2.49. The smallest absolute Gasteiger partial charge is 0.222 e. The molecule has 1 saturated carbocycles. The van der Waals surface area contributed by atoms with Gasteiger partial charge in [-0.25, -0.2) is 0 Å². The highest BCUT2D eigenvalue weighted by atomic mass is 16.2. The Balaban J connectivity index is 1.64. The topological polar surface area (TPSA) is 49.6 Å². The quantitative estimate of drug-likeness (QED) is 0.797. The number of nitrogens with zero attached hydrogens (tertiary/aromatic N) is 2. The Kier molecular flexibility index (Phi) is 5.45. The standard InChI is InChI=1S/C14H27N3O/c15-7-8-16-9-11-17(12-10-16)14(18)6-5-13-3-1-2-4-13/h13H,1-12,15H2. The zero-order chi connectivity index (χ0) is 12.8. The predicted octanol–water partition coefficient (Wildman–Crippen LogP) is 1.06. The van der Waals surface area contributed by atoms with E-state index >= 15 is 0 Å². The Morgan fingerprint density at radius 2 is 1.78 bits per heavy atom. The highest BCUT2D eigenvalue weighted by Crippen LogP contribution is 2.28. The van der Waals surface area contributed by atoms with E-state index in [1.807, 2.05) is 4.90 Å². The summed E-state index contributed by atoms with van der Waals surface area (Å²) in [7, 11) is 0. The lowest BCUT2D eigenvalue weighted by Gasteiger charge is -2.34. The van der Waals surface area contributed by atoms with Crippen molar-refractivity contribution in [2.45, 2.75) is 38.5 Å². The molecule has 104 valence electrons. The molecule has 2 rings (SSSR count). The van der Waals surface area contributed by atoms with E-state index < -0.39 is 0 Å². The van der Waals surface area contributed by atoms with E-state index in [0.29, 0.717) is 5.91 Å². The molecule has 0 radical (unpaired) electrons. The minimum absolute atomic E-state index is 0.370. The molecule has 0 atom stereocenters. The minimum Gasteiger partial charge on any atom is -0.340 e. The van der Waals surface area contributed by atoms with Crippen LogP contribution >= 0.6 is 0 Å². The van der Waals surface area contributed by atoms with Gasteiger partial charge in [-0.15, -0.1) is 0 Å². The van der Waals surface area contributed by atoms with Crippen LogP contribution in [0.1, 0.15) is 38.5 Å². The van der Waals surface area contributed by atoms with Crippen molar-refractivity contribution in [3.63, 3.8) is 0 Å². The van der Waals surface area contributed by atoms with Crippen LogP contribution in [-0.2, 0) is 4.79 Å². The summed E-state index contributed by atoms with van der Waals surface area (Å²) in [5, 5.41) is 0. The zero-order valence-corrected chi connectivity index (χ0v) is 11.4. The van der Waals surface area contributed by atoms with Crippen LogP contribution in [0.3, 0.4) is 0 Å². The number of carbonyl (C=O) groups is 1. The average molecular weight is 253 g/mol. The van der Waals surface area contributed by atoms with Crippen LogP contribution in [-0.4, -0.2) is 55.0 Å². The molecule has 2 N–H and O–H groups in total. The first-order valence-corrected chi connectivity index (χ1v) is 7.50. The Morgan fingerprint density at radius 1 is 1.11 bits per heavy atom. The van der Waals surface area contributed by atoms with Gasteiger partial charge in [-0.1, -0.05) is 25.7 Å². The minimum atomic E-state index is 0.370. The molecule has 0 spiro atoms. The maximum absolute atomic E-state index is 12.1. The fourth-order valence-electron chi connectivity index (χ4n) is 3.19. The van der Waals surface area contributed by atoms with Gasteiger partial charge >= 0.3 is 0 Å². The molecule has 0 bridgehead atoms. The van der Waals surface area contributed by atoms with Crippen LogP contribution in [0.25, 0.3) is 0 Å². The van der Waals surface area contributed by atoms with Gasteiger partial charge in [0.25, 0.3) is 0 Å². The van der Waals surface area contributed by atoms with Crippen molar-refractivity contribution in [1.29, 1.82) is 0 Å². The second-order valence-electron chi connectivity index (χ2n) is 5.70. The summed E-state index contributed by atoms with van der Waals surface area (Å²) in [6.07, 6.45) is 7.31. The molecule has 1 heterocycles. The van der Waals surface area contributed by atoms with Crippen LogP contribution < -0.4 is 5.73 Å². The lowest BCUT2D eigenvalue weighted by molar-refractivity contribution is -0.133. The lowest BCUT2D eigenvalue weighted by atomic mass is 10.0. The van der Waals surface area contributed by atoms with Gasteiger partial charge in [0, 0.05) is 45.7 Å². The van der Waals surface area contributed by atoms with Crippen LogP contribution in [0.2, 0.25) is 0 Å². The molecule has 0 unspecified atom stereocenters. The molecule has 2 fully saturated rings. The molecule has 2 aliphatic rings. The van der Waals surface area contributed by atoms with E-state index in [-0.39, 0.29) is 0 Å². The average Bonchev–Trinajstić information content (AvgIpc) is 2.90. The number of hydrogen-bond donors (Lipinski definition) is 1. The maximum atomic E-state index is 12.1. The van der Waals surface area contributed by atoms with E-state index in [0.717, 1.165) is 58.0 Å². The number of piperazine rings is 1. The number of hydrogen-bond acceptors (Lipinski definition) is 3. The molecule has 4 nitrogen and oxygen atoms in total. The highest BCUT2D eigenvalue weighted by Gasteiger charge is 2.22. The van der Waals surface area contributed by atoms with Crippen LogP contribution in [0.4, 0.5) is 0 Å². The van der Waals surface area contributed by atoms with Crippen molar-refractivity contribution in [3.8, 4) is 0 Å². The number of amides is 1. The normalized spacial score (nSPS) is 22.6. The van der Waals surface area contributed by atoms with E-state index in [1.54, 1.807) is 0 Å². The molecule has 18 heavy (non-hydrogen) atoms. The van der Waals surface area contributed by atoms with E-state index in [2.05, 4.69) is 4.90 Å². The summed E-state index contributed by atoms with van der Waals surface area (Å²) < 4.78 is 0. The summed E-state index contributed by atoms with van der Waals surface area (Å²) in [4.78, 5) is 16.5. The van der Waals surface area contributed by atoms with E-state index in [1.165, 1.54) is 25.7 Å². The molecule has 1 amide bonds. The molecule has 0 aromatic heterocycles. The van der Waals surface area contributed by atoms with E-state index in [9.17, 15) is 4.79 Å². The van der Waals surface area contributed by atoms with Gasteiger partial charge in [-0.05, 0) is 12.3 Å². The van der Waals surface area contributed by atoms with Gasteiger partial charge in [-0.2, -0.15) is 0 Å².